The number of halogens is 1. The van der Waals surface area contributed by atoms with E-state index >= 15 is 0 Å². The minimum atomic E-state index is 0. The van der Waals surface area contributed by atoms with Crippen LogP contribution in [0.5, 0.6) is 5.75 Å². The zero-order chi connectivity index (χ0) is 12.4. The van der Waals surface area contributed by atoms with E-state index in [1.807, 2.05) is 16.3 Å². The van der Waals surface area contributed by atoms with Crippen molar-refractivity contribution in [3.8, 4) is 5.75 Å². The highest BCUT2D eigenvalue weighted by Crippen LogP contribution is 2.27. The third kappa shape index (κ3) is 2.96. The molecule has 102 valence electrons. The van der Waals surface area contributed by atoms with Crippen LogP contribution in [0.25, 0.3) is 0 Å². The Morgan fingerprint density at radius 2 is 2.33 bits per heavy atom. The summed E-state index contributed by atoms with van der Waals surface area (Å²) >= 11 is 1.43. The molecule has 1 aromatic heterocycles. The average Bonchev–Trinajstić information content (AvgIpc) is 2.80. The quantitative estimate of drug-likeness (QED) is 0.906. The maximum Gasteiger partial charge on any atom is 0.267 e. The molecule has 0 spiro atoms. The topological polar surface area (TPSA) is 55.6 Å². The fourth-order valence-electron chi connectivity index (χ4n) is 2.11. The number of thiophene rings is 1. The second kappa shape index (κ2) is 6.41. The number of hydrogen-bond acceptors (Lipinski definition) is 4. The van der Waals surface area contributed by atoms with Gasteiger partial charge in [-0.25, -0.2) is 0 Å². The molecule has 6 heteroatoms. The van der Waals surface area contributed by atoms with Crippen molar-refractivity contribution >= 4 is 29.7 Å². The molecule has 2 rings (SSSR count). The first-order valence-corrected chi connectivity index (χ1v) is 6.67. The van der Waals surface area contributed by atoms with Gasteiger partial charge >= 0.3 is 0 Å². The van der Waals surface area contributed by atoms with Crippen LogP contribution in [-0.2, 0) is 0 Å². The Kier molecular flexibility index (Phi) is 5.44. The standard InChI is InChI=1S/C12H18N2O2S.ClH/c1-8-7-14(5-3-9(8)13)12(15)11-10(16-2)4-6-17-11;/h4,6,8-9H,3,5,7,13H2,1-2H3;1H. The average molecular weight is 291 g/mol. The van der Waals surface area contributed by atoms with E-state index in [0.29, 0.717) is 16.5 Å². The molecule has 1 aliphatic heterocycles. The number of nitrogens with zero attached hydrogens (tertiary/aromatic N) is 1. The Balaban J connectivity index is 0.00000162. The zero-order valence-electron chi connectivity index (χ0n) is 10.6. The van der Waals surface area contributed by atoms with E-state index in [1.54, 1.807) is 7.11 Å². The molecular formula is C12H19ClN2O2S. The molecule has 18 heavy (non-hydrogen) atoms. The summed E-state index contributed by atoms with van der Waals surface area (Å²) in [4.78, 5) is 14.9. The Labute approximate surface area is 118 Å². The number of rotatable bonds is 2. The predicted octanol–water partition coefficient (Wildman–Crippen LogP) is 1.99. The summed E-state index contributed by atoms with van der Waals surface area (Å²) in [6.07, 6.45) is 0.876. The zero-order valence-corrected chi connectivity index (χ0v) is 12.2. The number of amides is 1. The lowest BCUT2D eigenvalue weighted by atomic mass is 9.95. The van der Waals surface area contributed by atoms with E-state index in [-0.39, 0.29) is 24.4 Å². The van der Waals surface area contributed by atoms with Gasteiger partial charge < -0.3 is 15.4 Å². The lowest BCUT2D eigenvalue weighted by molar-refractivity contribution is 0.0666. The van der Waals surface area contributed by atoms with Crippen molar-refractivity contribution in [2.24, 2.45) is 11.7 Å². The van der Waals surface area contributed by atoms with E-state index in [9.17, 15) is 4.79 Å². The largest absolute Gasteiger partial charge is 0.495 e. The molecule has 1 aliphatic rings. The van der Waals surface area contributed by atoms with Gasteiger partial charge in [0, 0.05) is 19.1 Å². The summed E-state index contributed by atoms with van der Waals surface area (Å²) in [5.41, 5.74) is 5.96. The van der Waals surface area contributed by atoms with Crippen molar-refractivity contribution in [2.45, 2.75) is 19.4 Å². The third-order valence-corrected chi connectivity index (χ3v) is 4.19. The number of hydrogen-bond donors (Lipinski definition) is 1. The van der Waals surface area contributed by atoms with Gasteiger partial charge in [0.2, 0.25) is 0 Å². The highest BCUT2D eigenvalue weighted by molar-refractivity contribution is 7.12. The first-order chi connectivity index (χ1) is 8.13. The van der Waals surface area contributed by atoms with Crippen LogP contribution in [-0.4, -0.2) is 37.0 Å². The molecule has 0 saturated carbocycles. The highest BCUT2D eigenvalue weighted by atomic mass is 35.5. The predicted molar refractivity (Wildman–Crippen MR) is 75.8 cm³/mol. The number of nitrogens with two attached hydrogens (primary N) is 1. The molecule has 2 unspecified atom stereocenters. The van der Waals surface area contributed by atoms with Crippen LogP contribution in [0.3, 0.4) is 0 Å². The summed E-state index contributed by atoms with van der Waals surface area (Å²) in [5.74, 6) is 1.09. The van der Waals surface area contributed by atoms with Crippen LogP contribution in [0, 0.1) is 5.92 Å². The van der Waals surface area contributed by atoms with E-state index in [0.717, 1.165) is 19.5 Å². The molecule has 0 bridgehead atoms. The molecule has 0 aliphatic carbocycles. The monoisotopic (exact) mass is 290 g/mol. The minimum Gasteiger partial charge on any atom is -0.495 e. The van der Waals surface area contributed by atoms with Crippen molar-refractivity contribution in [1.82, 2.24) is 4.90 Å². The van der Waals surface area contributed by atoms with Crippen LogP contribution in [0.1, 0.15) is 23.0 Å². The van der Waals surface area contributed by atoms with E-state index in [4.69, 9.17) is 10.5 Å². The molecule has 1 aromatic rings. The van der Waals surface area contributed by atoms with Gasteiger partial charge in [-0.15, -0.1) is 23.7 Å². The van der Waals surface area contributed by atoms with Crippen LogP contribution in [0.2, 0.25) is 0 Å². The van der Waals surface area contributed by atoms with Crippen molar-refractivity contribution in [3.05, 3.63) is 16.3 Å². The molecule has 1 saturated heterocycles. The van der Waals surface area contributed by atoms with E-state index in [2.05, 4.69) is 6.92 Å². The molecule has 0 radical (unpaired) electrons. The maximum absolute atomic E-state index is 12.3. The van der Waals surface area contributed by atoms with Gasteiger partial charge in [0.25, 0.3) is 5.91 Å². The maximum atomic E-state index is 12.3. The number of carbonyl (C=O) groups is 1. The second-order valence-electron chi connectivity index (χ2n) is 4.50. The SMILES string of the molecule is COc1ccsc1C(=O)N1CCC(N)C(C)C1.Cl. The smallest absolute Gasteiger partial charge is 0.267 e. The highest BCUT2D eigenvalue weighted by Gasteiger charge is 2.28. The van der Waals surface area contributed by atoms with Crippen LogP contribution < -0.4 is 10.5 Å². The van der Waals surface area contributed by atoms with Gasteiger partial charge in [-0.05, 0) is 23.8 Å². The summed E-state index contributed by atoms with van der Waals surface area (Å²) in [7, 11) is 1.59. The fraction of sp³-hybridized carbons (Fsp3) is 0.583. The van der Waals surface area contributed by atoms with Crippen LogP contribution in [0.4, 0.5) is 0 Å². The molecule has 2 N–H and O–H groups in total. The Hall–Kier alpha value is -0.780. The number of piperidine rings is 1. The molecule has 1 amide bonds. The van der Waals surface area contributed by atoms with Gasteiger partial charge in [0.1, 0.15) is 10.6 Å². The fourth-order valence-corrected chi connectivity index (χ4v) is 2.93. The first-order valence-electron chi connectivity index (χ1n) is 5.79. The van der Waals surface area contributed by atoms with Crippen molar-refractivity contribution in [2.75, 3.05) is 20.2 Å². The molecule has 2 heterocycles. The number of carbonyl (C=O) groups excluding carboxylic acids is 1. The van der Waals surface area contributed by atoms with Gasteiger partial charge in [-0.3, -0.25) is 4.79 Å². The second-order valence-corrected chi connectivity index (χ2v) is 5.42. The summed E-state index contributed by atoms with van der Waals surface area (Å²) < 4.78 is 5.18. The van der Waals surface area contributed by atoms with Crippen LogP contribution >= 0.6 is 23.7 Å². The van der Waals surface area contributed by atoms with E-state index < -0.39 is 0 Å². The first kappa shape index (κ1) is 15.3. The lowest BCUT2D eigenvalue weighted by Gasteiger charge is -2.34. The van der Waals surface area contributed by atoms with Crippen molar-refractivity contribution in [1.29, 1.82) is 0 Å². The Morgan fingerprint density at radius 1 is 1.61 bits per heavy atom. The Morgan fingerprint density at radius 3 is 2.94 bits per heavy atom. The summed E-state index contributed by atoms with van der Waals surface area (Å²) in [5, 5.41) is 1.88. The minimum absolute atomic E-state index is 0. The Bertz CT molecular complexity index is 411. The number of ether oxygens (including phenoxy) is 1. The summed E-state index contributed by atoms with van der Waals surface area (Å²) in [6, 6.07) is 2.04. The molecule has 1 fully saturated rings. The normalized spacial score (nSPS) is 23.4. The third-order valence-electron chi connectivity index (χ3n) is 3.30. The number of likely N-dealkylation sites (tertiary alicyclic amines) is 1. The molecular weight excluding hydrogens is 272 g/mol. The summed E-state index contributed by atoms with van der Waals surface area (Å²) in [6.45, 7) is 3.57. The molecule has 2 atom stereocenters. The van der Waals surface area contributed by atoms with Crippen LogP contribution in [0.15, 0.2) is 11.4 Å². The lowest BCUT2D eigenvalue weighted by Crippen LogP contribution is -2.48. The van der Waals surface area contributed by atoms with Gasteiger partial charge in [0.15, 0.2) is 0 Å². The van der Waals surface area contributed by atoms with E-state index in [1.165, 1.54) is 11.3 Å². The van der Waals surface area contributed by atoms with Gasteiger partial charge in [0.05, 0.1) is 7.11 Å². The van der Waals surface area contributed by atoms with Crippen molar-refractivity contribution < 1.29 is 9.53 Å². The molecule has 0 aromatic carbocycles. The number of methoxy groups -OCH3 is 1. The van der Waals surface area contributed by atoms with Gasteiger partial charge in [-0.2, -0.15) is 0 Å². The van der Waals surface area contributed by atoms with Gasteiger partial charge in [-0.1, -0.05) is 6.92 Å². The molecule has 4 nitrogen and oxygen atoms in total. The van der Waals surface area contributed by atoms with Crippen molar-refractivity contribution in [3.63, 3.8) is 0 Å².